The van der Waals surface area contributed by atoms with Gasteiger partial charge >= 0.3 is 6.09 Å². The van der Waals surface area contributed by atoms with Crippen LogP contribution < -0.4 is 5.32 Å². The molecular weight excluding hydrogens is 244 g/mol. The van der Waals surface area contributed by atoms with Gasteiger partial charge in [0.05, 0.1) is 5.41 Å². The zero-order valence-corrected chi connectivity index (χ0v) is 12.1. The van der Waals surface area contributed by atoms with Crippen LogP contribution in [-0.4, -0.2) is 48.6 Å². The number of ketones is 1. The molecule has 1 amide bonds. The lowest BCUT2D eigenvalue weighted by Gasteiger charge is -2.32. The minimum atomic E-state index is -0.492. The highest BCUT2D eigenvalue weighted by Gasteiger charge is 2.44. The Morgan fingerprint density at radius 3 is 2.74 bits per heavy atom. The quantitative estimate of drug-likeness (QED) is 0.724. The van der Waals surface area contributed by atoms with Crippen LogP contribution in [0.25, 0.3) is 0 Å². The first-order valence-corrected chi connectivity index (χ1v) is 7.04. The summed E-state index contributed by atoms with van der Waals surface area (Å²) in [4.78, 5) is 26.2. The van der Waals surface area contributed by atoms with E-state index in [1.165, 1.54) is 0 Å². The van der Waals surface area contributed by atoms with Crippen molar-refractivity contribution in [3.8, 4) is 0 Å². The maximum atomic E-state index is 12.3. The van der Waals surface area contributed by atoms with Gasteiger partial charge in [0.25, 0.3) is 0 Å². The fraction of sp³-hybridized carbons (Fsp3) is 0.857. The first-order chi connectivity index (χ1) is 8.82. The number of carbonyl (C=O) groups excluding carboxylic acids is 2. The summed E-state index contributed by atoms with van der Waals surface area (Å²) in [6.07, 6.45) is 1.83. The van der Waals surface area contributed by atoms with Gasteiger partial charge in [0.2, 0.25) is 0 Å². The van der Waals surface area contributed by atoms with Gasteiger partial charge in [0.15, 0.2) is 0 Å². The fourth-order valence-electron chi connectivity index (χ4n) is 2.83. The third-order valence-electron chi connectivity index (χ3n) is 3.81. The van der Waals surface area contributed by atoms with Gasteiger partial charge in [0, 0.05) is 26.1 Å². The molecule has 2 saturated heterocycles. The number of nitrogens with zero attached hydrogens (tertiary/aromatic N) is 1. The number of nitrogens with one attached hydrogen (secondary N) is 1. The Morgan fingerprint density at radius 1 is 1.42 bits per heavy atom. The topological polar surface area (TPSA) is 58.6 Å². The van der Waals surface area contributed by atoms with Crippen molar-refractivity contribution in [2.75, 3.05) is 26.2 Å². The van der Waals surface area contributed by atoms with Crippen LogP contribution in [0.3, 0.4) is 0 Å². The smallest absolute Gasteiger partial charge is 0.410 e. The number of hydrogen-bond donors (Lipinski definition) is 1. The number of rotatable bonds is 0. The van der Waals surface area contributed by atoms with E-state index in [0.717, 1.165) is 19.4 Å². The second kappa shape index (κ2) is 5.12. The maximum Gasteiger partial charge on any atom is 0.410 e. The van der Waals surface area contributed by atoms with Crippen molar-refractivity contribution >= 4 is 11.9 Å². The minimum Gasteiger partial charge on any atom is -0.444 e. The number of likely N-dealkylation sites (tertiary alicyclic amines) is 1. The first-order valence-electron chi connectivity index (χ1n) is 7.04. The van der Waals surface area contributed by atoms with Gasteiger partial charge in [-0.25, -0.2) is 4.79 Å². The molecule has 0 radical (unpaired) electrons. The molecule has 108 valence electrons. The molecule has 0 bridgehead atoms. The molecule has 0 saturated carbocycles. The Morgan fingerprint density at radius 2 is 2.16 bits per heavy atom. The third kappa shape index (κ3) is 3.26. The summed E-state index contributed by atoms with van der Waals surface area (Å²) in [6.45, 7) is 8.23. The summed E-state index contributed by atoms with van der Waals surface area (Å²) in [5, 5.41) is 3.25. The number of Topliss-reactive ketones (excluding diaryl/α,β-unsaturated/α-hetero) is 1. The monoisotopic (exact) mass is 268 g/mol. The van der Waals surface area contributed by atoms with E-state index in [0.29, 0.717) is 31.8 Å². The van der Waals surface area contributed by atoms with Crippen LogP contribution >= 0.6 is 0 Å². The Bertz CT molecular complexity index is 367. The summed E-state index contributed by atoms with van der Waals surface area (Å²) in [6, 6.07) is 0. The highest BCUT2D eigenvalue weighted by molar-refractivity contribution is 5.86. The molecule has 0 aromatic carbocycles. The van der Waals surface area contributed by atoms with Gasteiger partial charge < -0.3 is 15.0 Å². The van der Waals surface area contributed by atoms with Gasteiger partial charge in [-0.2, -0.15) is 0 Å². The number of amides is 1. The van der Waals surface area contributed by atoms with Crippen LogP contribution in [-0.2, 0) is 9.53 Å². The highest BCUT2D eigenvalue weighted by Crippen LogP contribution is 2.32. The zero-order valence-electron chi connectivity index (χ0n) is 12.1. The van der Waals surface area contributed by atoms with E-state index in [1.54, 1.807) is 4.90 Å². The van der Waals surface area contributed by atoms with E-state index in [1.807, 2.05) is 20.8 Å². The molecule has 2 aliphatic heterocycles. The number of carbonyl (C=O) groups is 2. The lowest BCUT2D eigenvalue weighted by Crippen LogP contribution is -2.46. The van der Waals surface area contributed by atoms with Gasteiger partial charge in [-0.3, -0.25) is 4.79 Å². The molecule has 1 spiro atoms. The molecule has 1 atom stereocenters. The molecule has 2 aliphatic rings. The van der Waals surface area contributed by atoms with E-state index in [2.05, 4.69) is 5.32 Å². The maximum absolute atomic E-state index is 12.3. The summed E-state index contributed by atoms with van der Waals surface area (Å²) >= 11 is 0. The molecule has 5 heteroatoms. The molecule has 1 unspecified atom stereocenters. The van der Waals surface area contributed by atoms with Crippen LogP contribution in [0.2, 0.25) is 0 Å². The van der Waals surface area contributed by atoms with Crippen LogP contribution in [0.1, 0.15) is 40.0 Å². The molecule has 0 aromatic rings. The Labute approximate surface area is 114 Å². The second-order valence-corrected chi connectivity index (χ2v) is 6.64. The minimum absolute atomic E-state index is 0.295. The molecule has 1 N–H and O–H groups in total. The van der Waals surface area contributed by atoms with Gasteiger partial charge in [-0.1, -0.05) is 0 Å². The molecule has 5 nitrogen and oxygen atoms in total. The van der Waals surface area contributed by atoms with Gasteiger partial charge in [-0.15, -0.1) is 0 Å². The highest BCUT2D eigenvalue weighted by atomic mass is 16.6. The Balaban J connectivity index is 2.09. The van der Waals surface area contributed by atoms with Crippen molar-refractivity contribution in [1.82, 2.24) is 10.2 Å². The molecule has 2 heterocycles. The van der Waals surface area contributed by atoms with Crippen LogP contribution in [0.15, 0.2) is 0 Å². The van der Waals surface area contributed by atoms with E-state index in [4.69, 9.17) is 4.74 Å². The molecule has 0 aliphatic carbocycles. The van der Waals surface area contributed by atoms with Gasteiger partial charge in [0.1, 0.15) is 11.4 Å². The second-order valence-electron chi connectivity index (χ2n) is 6.64. The van der Waals surface area contributed by atoms with Crippen LogP contribution in [0.4, 0.5) is 4.79 Å². The van der Waals surface area contributed by atoms with E-state index < -0.39 is 5.60 Å². The lowest BCUT2D eigenvalue weighted by atomic mass is 9.81. The van der Waals surface area contributed by atoms with Crippen molar-refractivity contribution in [2.45, 2.75) is 45.6 Å². The molecule has 19 heavy (non-hydrogen) atoms. The molecule has 2 fully saturated rings. The standard InChI is InChI=1S/C14H24N2O3/c1-13(2,3)19-12(18)16-8-4-5-11(17)14(10-16)6-7-15-9-14/h15H,4-10H2,1-3H3. The Kier molecular flexibility index (Phi) is 3.85. The SMILES string of the molecule is CC(C)(C)OC(=O)N1CCCC(=O)C2(CCNC2)C1. The summed E-state index contributed by atoms with van der Waals surface area (Å²) in [5.41, 5.74) is -0.873. The zero-order chi connectivity index (χ0) is 14.1. The lowest BCUT2D eigenvalue weighted by molar-refractivity contribution is -0.127. The van der Waals surface area contributed by atoms with Crippen LogP contribution in [0.5, 0.6) is 0 Å². The normalized spacial score (nSPS) is 28.6. The van der Waals surface area contributed by atoms with E-state index in [9.17, 15) is 9.59 Å². The Hall–Kier alpha value is -1.10. The van der Waals surface area contributed by atoms with E-state index in [-0.39, 0.29) is 11.5 Å². The predicted octanol–water partition coefficient (Wildman–Crippen LogP) is 1.57. The predicted molar refractivity (Wildman–Crippen MR) is 72.0 cm³/mol. The van der Waals surface area contributed by atoms with Crippen molar-refractivity contribution in [3.05, 3.63) is 0 Å². The average Bonchev–Trinajstić information content (AvgIpc) is 2.68. The van der Waals surface area contributed by atoms with Crippen molar-refractivity contribution < 1.29 is 14.3 Å². The van der Waals surface area contributed by atoms with Crippen LogP contribution in [0, 0.1) is 5.41 Å². The third-order valence-corrected chi connectivity index (χ3v) is 3.81. The number of hydrogen-bond acceptors (Lipinski definition) is 4. The summed E-state index contributed by atoms with van der Waals surface area (Å²) in [7, 11) is 0. The van der Waals surface area contributed by atoms with Crippen molar-refractivity contribution in [3.63, 3.8) is 0 Å². The largest absolute Gasteiger partial charge is 0.444 e. The summed E-state index contributed by atoms with van der Waals surface area (Å²) < 4.78 is 5.43. The van der Waals surface area contributed by atoms with E-state index >= 15 is 0 Å². The van der Waals surface area contributed by atoms with Crippen molar-refractivity contribution in [1.29, 1.82) is 0 Å². The molecule has 0 aromatic heterocycles. The molecule has 2 rings (SSSR count). The van der Waals surface area contributed by atoms with Crippen molar-refractivity contribution in [2.24, 2.45) is 5.41 Å². The summed E-state index contributed by atoms with van der Waals surface area (Å²) in [5.74, 6) is 0.295. The molecular formula is C14H24N2O3. The fourth-order valence-corrected chi connectivity index (χ4v) is 2.83. The first kappa shape index (κ1) is 14.3. The average molecular weight is 268 g/mol. The number of ether oxygens (including phenoxy) is 1. The van der Waals surface area contributed by atoms with Gasteiger partial charge in [-0.05, 0) is 40.2 Å².